The average molecular weight is 191 g/mol. The number of hydrogen-bond acceptors (Lipinski definition) is 3. The van der Waals surface area contributed by atoms with Crippen molar-refractivity contribution < 1.29 is 8.42 Å². The van der Waals surface area contributed by atoms with Gasteiger partial charge in [0.2, 0.25) is 10.0 Å². The fourth-order valence-corrected chi connectivity index (χ4v) is 2.86. The van der Waals surface area contributed by atoms with Crippen LogP contribution in [0.15, 0.2) is 16.3 Å². The Hall–Kier alpha value is -0.390. The van der Waals surface area contributed by atoms with Crippen molar-refractivity contribution in [2.24, 2.45) is 5.14 Å². The summed E-state index contributed by atoms with van der Waals surface area (Å²) >= 11 is 1.42. The molecule has 1 aromatic rings. The zero-order valence-corrected chi connectivity index (χ0v) is 7.71. The molecule has 0 amide bonds. The molecular formula is C6H9NO2S2. The number of primary sulfonamides is 1. The Morgan fingerprint density at radius 1 is 1.64 bits per heavy atom. The van der Waals surface area contributed by atoms with Crippen molar-refractivity contribution in [3.05, 3.63) is 16.3 Å². The zero-order chi connectivity index (χ0) is 8.48. The van der Waals surface area contributed by atoms with Gasteiger partial charge in [-0.2, -0.15) is 0 Å². The van der Waals surface area contributed by atoms with Crippen molar-refractivity contribution in [1.82, 2.24) is 0 Å². The lowest BCUT2D eigenvalue weighted by Gasteiger charge is -1.95. The lowest BCUT2D eigenvalue weighted by atomic mass is 10.4. The number of aryl methyl sites for hydroxylation is 1. The third kappa shape index (κ3) is 1.79. The molecular weight excluding hydrogens is 182 g/mol. The molecule has 0 unspecified atom stereocenters. The highest BCUT2D eigenvalue weighted by Gasteiger charge is 2.12. The summed E-state index contributed by atoms with van der Waals surface area (Å²) in [5.41, 5.74) is 0. The minimum Gasteiger partial charge on any atom is -0.225 e. The molecule has 0 spiro atoms. The summed E-state index contributed by atoms with van der Waals surface area (Å²) in [6.07, 6.45) is 0.712. The smallest absolute Gasteiger partial charge is 0.225 e. The number of nitrogens with two attached hydrogens (primary N) is 1. The van der Waals surface area contributed by atoms with Crippen LogP contribution in [-0.2, 0) is 16.4 Å². The summed E-state index contributed by atoms with van der Waals surface area (Å²) in [4.78, 5) is 1.09. The molecule has 3 nitrogen and oxygen atoms in total. The van der Waals surface area contributed by atoms with Crippen molar-refractivity contribution in [2.75, 3.05) is 0 Å². The Bertz CT molecular complexity index is 339. The molecule has 0 fully saturated rings. The van der Waals surface area contributed by atoms with Crippen molar-refractivity contribution in [1.29, 1.82) is 0 Å². The van der Waals surface area contributed by atoms with E-state index in [1.165, 1.54) is 11.3 Å². The Morgan fingerprint density at radius 2 is 2.27 bits per heavy atom. The lowest BCUT2D eigenvalue weighted by molar-refractivity contribution is 0.597. The largest absolute Gasteiger partial charge is 0.239 e. The molecule has 5 heteroatoms. The van der Waals surface area contributed by atoms with E-state index in [-0.39, 0.29) is 4.90 Å². The molecule has 1 aromatic heterocycles. The Balaban J connectivity index is 3.24. The maximum absolute atomic E-state index is 10.9. The molecule has 0 atom stereocenters. The number of thiophene rings is 1. The van der Waals surface area contributed by atoms with Gasteiger partial charge in [0.15, 0.2) is 0 Å². The van der Waals surface area contributed by atoms with E-state index in [1.807, 2.05) is 6.92 Å². The van der Waals surface area contributed by atoms with Crippen LogP contribution in [-0.4, -0.2) is 8.42 Å². The molecule has 0 saturated heterocycles. The second-order valence-corrected chi connectivity index (χ2v) is 4.64. The minimum absolute atomic E-state index is 0.269. The zero-order valence-electron chi connectivity index (χ0n) is 6.07. The molecule has 0 radical (unpaired) electrons. The fraction of sp³-hybridized carbons (Fsp3) is 0.333. The summed E-state index contributed by atoms with van der Waals surface area (Å²) < 4.78 is 21.7. The Kier molecular flexibility index (Phi) is 2.31. The predicted octanol–water partition coefficient (Wildman–Crippen LogP) is 0.958. The first-order valence-corrected chi connectivity index (χ1v) is 5.57. The van der Waals surface area contributed by atoms with Crippen molar-refractivity contribution in [2.45, 2.75) is 18.2 Å². The maximum Gasteiger partial charge on any atom is 0.239 e. The summed E-state index contributed by atoms with van der Waals surface area (Å²) in [6, 6.07) is 1.54. The van der Waals surface area contributed by atoms with Crippen molar-refractivity contribution in [3.63, 3.8) is 0 Å². The van der Waals surface area contributed by atoms with E-state index in [9.17, 15) is 8.42 Å². The summed E-state index contributed by atoms with van der Waals surface area (Å²) in [6.45, 7) is 1.90. The third-order valence-electron chi connectivity index (χ3n) is 1.33. The molecule has 62 valence electrons. The summed E-state index contributed by atoms with van der Waals surface area (Å²) in [5.74, 6) is 0. The van der Waals surface area contributed by atoms with Gasteiger partial charge in [0.25, 0.3) is 0 Å². The fourth-order valence-electron chi connectivity index (χ4n) is 0.840. The van der Waals surface area contributed by atoms with E-state index in [1.54, 1.807) is 11.4 Å². The van der Waals surface area contributed by atoms with Crippen LogP contribution in [0.2, 0.25) is 0 Å². The van der Waals surface area contributed by atoms with Crippen molar-refractivity contribution in [3.8, 4) is 0 Å². The van der Waals surface area contributed by atoms with E-state index in [0.717, 1.165) is 4.88 Å². The predicted molar refractivity (Wildman–Crippen MR) is 45.1 cm³/mol. The van der Waals surface area contributed by atoms with Gasteiger partial charge >= 0.3 is 0 Å². The topological polar surface area (TPSA) is 60.2 Å². The highest BCUT2D eigenvalue weighted by atomic mass is 32.2. The van der Waals surface area contributed by atoms with Gasteiger partial charge in [-0.25, -0.2) is 13.6 Å². The van der Waals surface area contributed by atoms with Crippen LogP contribution >= 0.6 is 11.3 Å². The van der Waals surface area contributed by atoms with Gasteiger partial charge in [-0.05, 0) is 17.9 Å². The Labute approximate surface area is 69.9 Å². The van der Waals surface area contributed by atoms with Crippen LogP contribution in [0.4, 0.5) is 0 Å². The van der Waals surface area contributed by atoms with Gasteiger partial charge in [-0.1, -0.05) is 6.92 Å². The first-order chi connectivity index (χ1) is 5.05. The first kappa shape index (κ1) is 8.70. The van der Waals surface area contributed by atoms with Crippen LogP contribution in [0, 0.1) is 0 Å². The molecule has 0 aliphatic heterocycles. The molecule has 0 aliphatic carbocycles. The van der Waals surface area contributed by atoms with Crippen LogP contribution in [0.5, 0.6) is 0 Å². The van der Waals surface area contributed by atoms with E-state index < -0.39 is 10.0 Å². The minimum atomic E-state index is -3.49. The van der Waals surface area contributed by atoms with Gasteiger partial charge in [0, 0.05) is 4.88 Å². The van der Waals surface area contributed by atoms with Crippen LogP contribution < -0.4 is 5.14 Å². The molecule has 0 saturated carbocycles. The molecule has 0 bridgehead atoms. The quantitative estimate of drug-likeness (QED) is 0.756. The number of sulfonamides is 1. The first-order valence-electron chi connectivity index (χ1n) is 3.15. The SMILES string of the molecule is CCc1sccc1S(N)(=O)=O. The van der Waals surface area contributed by atoms with Crippen LogP contribution in [0.3, 0.4) is 0 Å². The molecule has 11 heavy (non-hydrogen) atoms. The molecule has 2 N–H and O–H groups in total. The summed E-state index contributed by atoms with van der Waals surface area (Å²) in [5, 5.41) is 6.69. The molecule has 0 aromatic carbocycles. The van der Waals surface area contributed by atoms with E-state index in [2.05, 4.69) is 0 Å². The van der Waals surface area contributed by atoms with E-state index >= 15 is 0 Å². The van der Waals surface area contributed by atoms with E-state index in [0.29, 0.717) is 6.42 Å². The van der Waals surface area contributed by atoms with Crippen molar-refractivity contribution >= 4 is 21.4 Å². The van der Waals surface area contributed by atoms with Crippen LogP contribution in [0.25, 0.3) is 0 Å². The van der Waals surface area contributed by atoms with Gasteiger partial charge in [-0.15, -0.1) is 11.3 Å². The van der Waals surface area contributed by atoms with Gasteiger partial charge in [0.05, 0.1) is 4.90 Å². The number of rotatable bonds is 2. The molecule has 1 heterocycles. The second kappa shape index (κ2) is 2.92. The molecule has 0 aliphatic rings. The lowest BCUT2D eigenvalue weighted by Crippen LogP contribution is -2.12. The Morgan fingerprint density at radius 3 is 2.64 bits per heavy atom. The highest BCUT2D eigenvalue weighted by molar-refractivity contribution is 7.89. The maximum atomic E-state index is 10.9. The summed E-state index contributed by atoms with van der Waals surface area (Å²) in [7, 11) is -3.49. The molecule has 1 rings (SSSR count). The van der Waals surface area contributed by atoms with Gasteiger partial charge in [0.1, 0.15) is 0 Å². The third-order valence-corrected chi connectivity index (χ3v) is 3.52. The van der Waals surface area contributed by atoms with Gasteiger partial charge in [-0.3, -0.25) is 0 Å². The highest BCUT2D eigenvalue weighted by Crippen LogP contribution is 2.20. The standard InChI is InChI=1S/C6H9NO2S2/c1-2-5-6(3-4-10-5)11(7,8)9/h3-4H,2H2,1H3,(H2,7,8,9). The second-order valence-electron chi connectivity index (χ2n) is 2.11. The number of hydrogen-bond donors (Lipinski definition) is 1. The normalized spacial score (nSPS) is 11.8. The van der Waals surface area contributed by atoms with Crippen LogP contribution in [0.1, 0.15) is 11.8 Å². The average Bonchev–Trinajstić information content (AvgIpc) is 2.31. The van der Waals surface area contributed by atoms with Gasteiger partial charge < -0.3 is 0 Å². The van der Waals surface area contributed by atoms with E-state index in [4.69, 9.17) is 5.14 Å². The monoisotopic (exact) mass is 191 g/mol.